The topological polar surface area (TPSA) is 112 Å². The molecule has 7 heteroatoms. The number of imide groups is 1. The van der Waals surface area contributed by atoms with Gasteiger partial charge in [0.1, 0.15) is 6.04 Å². The van der Waals surface area contributed by atoms with Crippen molar-refractivity contribution >= 4 is 23.8 Å². The van der Waals surface area contributed by atoms with Gasteiger partial charge < -0.3 is 10.2 Å². The van der Waals surface area contributed by atoms with Crippen LogP contribution in [0.15, 0.2) is 0 Å². The summed E-state index contributed by atoms with van der Waals surface area (Å²) in [5.41, 5.74) is -0.728. The zero-order chi connectivity index (χ0) is 14.9. The van der Waals surface area contributed by atoms with E-state index in [1.807, 2.05) is 0 Å². The number of carboxylic acids is 2. The van der Waals surface area contributed by atoms with E-state index in [0.29, 0.717) is 12.8 Å². The van der Waals surface area contributed by atoms with E-state index >= 15 is 0 Å². The standard InChI is InChI=1S/C13H17NO6/c15-9-7-13(5-1-2-6-13)12(20)14(9)8(11(18)19)3-4-10(16)17/h8H,1-7H2,(H,16,17)(H,18,19). The highest BCUT2D eigenvalue weighted by Crippen LogP contribution is 2.47. The normalized spacial score (nSPS) is 22.5. The molecule has 2 rings (SSSR count). The Labute approximate surface area is 115 Å². The second-order valence-corrected chi connectivity index (χ2v) is 5.52. The van der Waals surface area contributed by atoms with Gasteiger partial charge in [0, 0.05) is 12.8 Å². The van der Waals surface area contributed by atoms with Crippen molar-refractivity contribution < 1.29 is 29.4 Å². The highest BCUT2D eigenvalue weighted by atomic mass is 16.4. The number of hydrogen-bond donors (Lipinski definition) is 2. The van der Waals surface area contributed by atoms with Crippen molar-refractivity contribution in [1.29, 1.82) is 0 Å². The first-order valence-corrected chi connectivity index (χ1v) is 6.68. The molecule has 0 aromatic carbocycles. The van der Waals surface area contributed by atoms with Crippen molar-refractivity contribution in [3.8, 4) is 0 Å². The first-order valence-electron chi connectivity index (χ1n) is 6.68. The Hall–Kier alpha value is -1.92. The fraction of sp³-hybridized carbons (Fsp3) is 0.692. The molecule has 1 saturated carbocycles. The Bertz CT molecular complexity index is 465. The summed E-state index contributed by atoms with van der Waals surface area (Å²) in [7, 11) is 0. The minimum atomic E-state index is -1.37. The maximum Gasteiger partial charge on any atom is 0.326 e. The molecule has 1 saturated heterocycles. The van der Waals surface area contributed by atoms with Crippen LogP contribution in [0.1, 0.15) is 44.9 Å². The summed E-state index contributed by atoms with van der Waals surface area (Å²) < 4.78 is 0. The molecule has 20 heavy (non-hydrogen) atoms. The predicted octanol–water partition coefficient (Wildman–Crippen LogP) is 0.624. The first-order chi connectivity index (χ1) is 9.37. The van der Waals surface area contributed by atoms with Crippen molar-refractivity contribution in [3.05, 3.63) is 0 Å². The molecular weight excluding hydrogens is 266 g/mol. The number of likely N-dealkylation sites (tertiary alicyclic amines) is 1. The molecule has 110 valence electrons. The van der Waals surface area contributed by atoms with Gasteiger partial charge >= 0.3 is 11.9 Å². The monoisotopic (exact) mass is 283 g/mol. The van der Waals surface area contributed by atoms with Gasteiger partial charge in [-0.2, -0.15) is 0 Å². The van der Waals surface area contributed by atoms with E-state index in [1.165, 1.54) is 0 Å². The maximum atomic E-state index is 12.4. The molecule has 2 N–H and O–H groups in total. The zero-order valence-corrected chi connectivity index (χ0v) is 11.0. The summed E-state index contributed by atoms with van der Waals surface area (Å²) in [6.07, 6.45) is 2.36. The molecule has 7 nitrogen and oxygen atoms in total. The summed E-state index contributed by atoms with van der Waals surface area (Å²) in [5.74, 6) is -3.40. The minimum absolute atomic E-state index is 0.0582. The molecule has 0 bridgehead atoms. The molecule has 0 radical (unpaired) electrons. The summed E-state index contributed by atoms with van der Waals surface area (Å²) in [5, 5.41) is 17.8. The molecule has 1 atom stereocenters. The number of hydrogen-bond acceptors (Lipinski definition) is 4. The van der Waals surface area contributed by atoms with Crippen molar-refractivity contribution in [3.63, 3.8) is 0 Å². The van der Waals surface area contributed by atoms with Crippen LogP contribution in [0, 0.1) is 5.41 Å². The first kappa shape index (κ1) is 14.5. The second kappa shape index (κ2) is 5.22. The van der Waals surface area contributed by atoms with Gasteiger partial charge in [-0.3, -0.25) is 19.3 Å². The van der Waals surface area contributed by atoms with Crippen molar-refractivity contribution in [2.75, 3.05) is 0 Å². The quantitative estimate of drug-likeness (QED) is 0.715. The lowest BCUT2D eigenvalue weighted by Gasteiger charge is -2.25. The van der Waals surface area contributed by atoms with E-state index < -0.39 is 35.2 Å². The van der Waals surface area contributed by atoms with Crippen LogP contribution < -0.4 is 0 Å². The maximum absolute atomic E-state index is 12.4. The Balaban J connectivity index is 2.20. The largest absolute Gasteiger partial charge is 0.481 e. The third-order valence-electron chi connectivity index (χ3n) is 4.22. The second-order valence-electron chi connectivity index (χ2n) is 5.52. The Morgan fingerprint density at radius 2 is 1.80 bits per heavy atom. The SMILES string of the molecule is O=C(O)CCC(C(=O)O)N1C(=O)CC2(CCCC2)C1=O. The molecule has 2 aliphatic rings. The number of aliphatic carboxylic acids is 2. The van der Waals surface area contributed by atoms with Crippen LogP contribution in [-0.4, -0.2) is 44.9 Å². The smallest absolute Gasteiger partial charge is 0.326 e. The lowest BCUT2D eigenvalue weighted by atomic mass is 9.84. The fourth-order valence-corrected chi connectivity index (χ4v) is 3.20. The molecule has 1 unspecified atom stereocenters. The van der Waals surface area contributed by atoms with Crippen LogP contribution in [0.5, 0.6) is 0 Å². The van der Waals surface area contributed by atoms with E-state index in [-0.39, 0.29) is 19.3 Å². The molecule has 1 spiro atoms. The molecule has 1 heterocycles. The molecule has 0 aromatic heterocycles. The van der Waals surface area contributed by atoms with E-state index in [2.05, 4.69) is 0 Å². The third-order valence-corrected chi connectivity index (χ3v) is 4.22. The summed E-state index contributed by atoms with van der Waals surface area (Å²) >= 11 is 0. The van der Waals surface area contributed by atoms with Gasteiger partial charge in [0.2, 0.25) is 11.8 Å². The number of amides is 2. The highest BCUT2D eigenvalue weighted by Gasteiger charge is 2.55. The predicted molar refractivity (Wildman–Crippen MR) is 65.7 cm³/mol. The molecule has 1 aliphatic heterocycles. The Morgan fingerprint density at radius 1 is 1.20 bits per heavy atom. The van der Waals surface area contributed by atoms with E-state index in [9.17, 15) is 24.3 Å². The summed E-state index contributed by atoms with van der Waals surface area (Å²) in [6.45, 7) is 0. The van der Waals surface area contributed by atoms with Crippen molar-refractivity contribution in [1.82, 2.24) is 4.90 Å². The summed E-state index contributed by atoms with van der Waals surface area (Å²) in [4.78, 5) is 47.1. The van der Waals surface area contributed by atoms with Gasteiger partial charge in [-0.15, -0.1) is 0 Å². The number of nitrogens with zero attached hydrogens (tertiary/aromatic N) is 1. The third kappa shape index (κ3) is 2.39. The van der Waals surface area contributed by atoms with Crippen LogP contribution in [-0.2, 0) is 19.2 Å². The van der Waals surface area contributed by atoms with Crippen molar-refractivity contribution in [2.24, 2.45) is 5.41 Å². The minimum Gasteiger partial charge on any atom is -0.481 e. The zero-order valence-electron chi connectivity index (χ0n) is 11.0. The Morgan fingerprint density at radius 3 is 2.30 bits per heavy atom. The van der Waals surface area contributed by atoms with E-state index in [4.69, 9.17) is 5.11 Å². The van der Waals surface area contributed by atoms with Crippen LogP contribution in [0.4, 0.5) is 0 Å². The van der Waals surface area contributed by atoms with Gasteiger partial charge in [-0.1, -0.05) is 12.8 Å². The van der Waals surface area contributed by atoms with Gasteiger partial charge in [0.15, 0.2) is 0 Å². The molecular formula is C13H17NO6. The lowest BCUT2D eigenvalue weighted by molar-refractivity contribution is -0.156. The number of carboxylic acid groups (broad SMARTS) is 2. The fourth-order valence-electron chi connectivity index (χ4n) is 3.20. The number of carbonyl (C=O) groups is 4. The van der Waals surface area contributed by atoms with Gasteiger partial charge in [-0.05, 0) is 19.3 Å². The van der Waals surface area contributed by atoms with Crippen LogP contribution in [0.25, 0.3) is 0 Å². The van der Waals surface area contributed by atoms with Crippen LogP contribution >= 0.6 is 0 Å². The molecule has 2 amide bonds. The van der Waals surface area contributed by atoms with Gasteiger partial charge in [0.05, 0.1) is 5.41 Å². The van der Waals surface area contributed by atoms with E-state index in [0.717, 1.165) is 17.7 Å². The molecule has 2 fully saturated rings. The highest BCUT2D eigenvalue weighted by molar-refractivity contribution is 6.08. The van der Waals surface area contributed by atoms with Crippen LogP contribution in [0.2, 0.25) is 0 Å². The lowest BCUT2D eigenvalue weighted by Crippen LogP contribution is -2.46. The van der Waals surface area contributed by atoms with Gasteiger partial charge in [0.25, 0.3) is 0 Å². The average molecular weight is 283 g/mol. The Kier molecular flexibility index (Phi) is 3.78. The molecule has 0 aromatic rings. The summed E-state index contributed by atoms with van der Waals surface area (Å²) in [6, 6.07) is -1.37. The average Bonchev–Trinajstić information content (AvgIpc) is 2.90. The van der Waals surface area contributed by atoms with Gasteiger partial charge in [-0.25, -0.2) is 4.79 Å². The van der Waals surface area contributed by atoms with Crippen LogP contribution in [0.3, 0.4) is 0 Å². The van der Waals surface area contributed by atoms with Crippen molar-refractivity contribution in [2.45, 2.75) is 51.0 Å². The van der Waals surface area contributed by atoms with E-state index in [1.54, 1.807) is 0 Å². The molecule has 1 aliphatic carbocycles. The number of rotatable bonds is 5. The number of carbonyl (C=O) groups excluding carboxylic acids is 2.